The third kappa shape index (κ3) is 2.93. The maximum atomic E-state index is 12.7. The van der Waals surface area contributed by atoms with Gasteiger partial charge in [-0.2, -0.15) is 4.31 Å². The fourth-order valence-electron chi connectivity index (χ4n) is 2.13. The Bertz CT molecular complexity index is 549. The van der Waals surface area contributed by atoms with Gasteiger partial charge in [0, 0.05) is 19.3 Å². The highest BCUT2D eigenvalue weighted by Crippen LogP contribution is 2.24. The first-order valence-corrected chi connectivity index (χ1v) is 7.94. The Kier molecular flexibility index (Phi) is 4.92. The number of hydrogen-bond acceptors (Lipinski definition) is 6. The summed E-state index contributed by atoms with van der Waals surface area (Å²) in [4.78, 5) is 4.00. The van der Waals surface area contributed by atoms with Gasteiger partial charge in [-0.15, -0.1) is 0 Å². The zero-order valence-corrected chi connectivity index (χ0v) is 12.1. The molecule has 112 valence electrons. The third-order valence-corrected chi connectivity index (χ3v) is 4.99. The van der Waals surface area contributed by atoms with Crippen molar-refractivity contribution in [3.05, 3.63) is 18.3 Å². The molecule has 0 bridgehead atoms. The Hall–Kier alpha value is -1.22. The van der Waals surface area contributed by atoms with Gasteiger partial charge in [0.1, 0.15) is 0 Å². The number of aliphatic hydroxyl groups is 1. The molecular weight excluding hydrogens is 282 g/mol. The summed E-state index contributed by atoms with van der Waals surface area (Å²) in [6.45, 7) is 2.94. The van der Waals surface area contributed by atoms with Crippen LogP contribution in [0, 0.1) is 0 Å². The Morgan fingerprint density at radius 2 is 2.40 bits per heavy atom. The third-order valence-electron chi connectivity index (χ3n) is 3.08. The van der Waals surface area contributed by atoms with Gasteiger partial charge in [-0.05, 0) is 19.1 Å². The van der Waals surface area contributed by atoms with Crippen LogP contribution in [-0.4, -0.2) is 61.8 Å². The van der Waals surface area contributed by atoms with Gasteiger partial charge in [-0.25, -0.2) is 13.4 Å². The number of nitrogens with one attached hydrogen (secondary N) is 1. The lowest BCUT2D eigenvalue weighted by atomic mass is 10.3. The number of ether oxygens (including phenoxy) is 1. The molecule has 7 nitrogen and oxygen atoms in total. The standard InChI is InChI=1S/C12H19N3O4S/c1-2-13-11-4-3-5-14-12(11)20(17,18)15-6-7-19-9-10(15)8-16/h3-5,10,13,16H,2,6-9H2,1H3. The van der Waals surface area contributed by atoms with Gasteiger partial charge in [-0.3, -0.25) is 0 Å². The Morgan fingerprint density at radius 1 is 1.60 bits per heavy atom. The van der Waals surface area contributed by atoms with E-state index in [1.165, 1.54) is 10.5 Å². The first-order valence-electron chi connectivity index (χ1n) is 6.50. The van der Waals surface area contributed by atoms with Crippen LogP contribution in [0.4, 0.5) is 5.69 Å². The highest BCUT2D eigenvalue weighted by atomic mass is 32.2. The predicted molar refractivity (Wildman–Crippen MR) is 74.0 cm³/mol. The molecule has 0 radical (unpaired) electrons. The minimum absolute atomic E-state index is 0.0119. The summed E-state index contributed by atoms with van der Waals surface area (Å²) in [5.41, 5.74) is 0.471. The van der Waals surface area contributed by atoms with E-state index in [2.05, 4.69) is 10.3 Å². The van der Waals surface area contributed by atoms with E-state index in [-0.39, 0.29) is 24.8 Å². The molecule has 0 saturated carbocycles. The van der Waals surface area contributed by atoms with E-state index >= 15 is 0 Å². The quantitative estimate of drug-likeness (QED) is 0.789. The lowest BCUT2D eigenvalue weighted by molar-refractivity contribution is 0.0108. The molecule has 0 aromatic carbocycles. The Balaban J connectivity index is 2.38. The second-order valence-corrected chi connectivity index (χ2v) is 6.22. The molecule has 1 saturated heterocycles. The molecule has 0 amide bonds. The van der Waals surface area contributed by atoms with E-state index in [9.17, 15) is 13.5 Å². The fourth-order valence-corrected chi connectivity index (χ4v) is 3.80. The van der Waals surface area contributed by atoms with Gasteiger partial charge in [0.2, 0.25) is 0 Å². The second-order valence-electron chi connectivity index (χ2n) is 4.41. The van der Waals surface area contributed by atoms with E-state index in [0.717, 1.165) is 0 Å². The number of aliphatic hydroxyl groups excluding tert-OH is 1. The molecule has 2 heterocycles. The van der Waals surface area contributed by atoms with Crippen molar-refractivity contribution >= 4 is 15.7 Å². The summed E-state index contributed by atoms with van der Waals surface area (Å²) < 4.78 is 31.9. The van der Waals surface area contributed by atoms with E-state index in [0.29, 0.717) is 18.8 Å². The number of pyridine rings is 1. The van der Waals surface area contributed by atoms with Crippen molar-refractivity contribution in [3.8, 4) is 0 Å². The number of rotatable bonds is 5. The molecule has 0 aliphatic carbocycles. The highest BCUT2D eigenvalue weighted by Gasteiger charge is 2.35. The molecule has 1 aliphatic rings. The molecule has 1 aliphatic heterocycles. The summed E-state index contributed by atoms with van der Waals surface area (Å²) >= 11 is 0. The van der Waals surface area contributed by atoms with Crippen LogP contribution in [0.15, 0.2) is 23.4 Å². The van der Waals surface area contributed by atoms with Crippen LogP contribution in [0.3, 0.4) is 0 Å². The topological polar surface area (TPSA) is 91.8 Å². The number of anilines is 1. The molecule has 2 rings (SSSR count). The minimum Gasteiger partial charge on any atom is -0.395 e. The molecule has 1 fully saturated rings. The molecule has 1 unspecified atom stereocenters. The lowest BCUT2D eigenvalue weighted by Crippen LogP contribution is -2.50. The van der Waals surface area contributed by atoms with Crippen molar-refractivity contribution in [2.75, 3.05) is 38.2 Å². The first kappa shape index (κ1) is 15.2. The summed E-state index contributed by atoms with van der Waals surface area (Å²) in [6, 6.07) is 2.79. The Morgan fingerprint density at radius 3 is 3.10 bits per heavy atom. The molecule has 8 heteroatoms. The van der Waals surface area contributed by atoms with Crippen LogP contribution in [0.1, 0.15) is 6.92 Å². The van der Waals surface area contributed by atoms with Gasteiger partial charge < -0.3 is 15.2 Å². The average molecular weight is 301 g/mol. The van der Waals surface area contributed by atoms with Gasteiger partial charge in [-0.1, -0.05) is 0 Å². The van der Waals surface area contributed by atoms with Crippen molar-refractivity contribution in [2.45, 2.75) is 18.0 Å². The maximum absolute atomic E-state index is 12.7. The second kappa shape index (κ2) is 6.49. The largest absolute Gasteiger partial charge is 0.395 e. The summed E-state index contributed by atoms with van der Waals surface area (Å²) in [5.74, 6) is 0. The maximum Gasteiger partial charge on any atom is 0.263 e. The Labute approximate surface area is 118 Å². The van der Waals surface area contributed by atoms with Gasteiger partial charge in [0.25, 0.3) is 10.0 Å². The molecule has 2 N–H and O–H groups in total. The zero-order chi connectivity index (χ0) is 14.6. The van der Waals surface area contributed by atoms with Gasteiger partial charge >= 0.3 is 0 Å². The SMILES string of the molecule is CCNc1cccnc1S(=O)(=O)N1CCOCC1CO. The van der Waals surface area contributed by atoms with Crippen molar-refractivity contribution < 1.29 is 18.3 Å². The average Bonchev–Trinajstić information content (AvgIpc) is 2.48. The highest BCUT2D eigenvalue weighted by molar-refractivity contribution is 7.89. The molecule has 1 aromatic rings. The van der Waals surface area contributed by atoms with Crippen LogP contribution < -0.4 is 5.32 Å². The van der Waals surface area contributed by atoms with Crippen LogP contribution in [0.2, 0.25) is 0 Å². The van der Waals surface area contributed by atoms with Crippen LogP contribution in [0.25, 0.3) is 0 Å². The van der Waals surface area contributed by atoms with Gasteiger partial charge in [0.05, 0.1) is 31.5 Å². The van der Waals surface area contributed by atoms with E-state index in [1.807, 2.05) is 6.92 Å². The first-order chi connectivity index (χ1) is 9.61. The predicted octanol–water partition coefficient (Wildman–Crippen LogP) is -0.105. The molecular formula is C12H19N3O4S. The van der Waals surface area contributed by atoms with Crippen molar-refractivity contribution in [1.29, 1.82) is 0 Å². The van der Waals surface area contributed by atoms with Crippen molar-refractivity contribution in [1.82, 2.24) is 9.29 Å². The number of hydrogen-bond donors (Lipinski definition) is 2. The van der Waals surface area contributed by atoms with Crippen molar-refractivity contribution in [3.63, 3.8) is 0 Å². The molecule has 0 spiro atoms. The van der Waals surface area contributed by atoms with E-state index in [1.54, 1.807) is 12.1 Å². The fraction of sp³-hybridized carbons (Fsp3) is 0.583. The van der Waals surface area contributed by atoms with Gasteiger partial charge in [0.15, 0.2) is 5.03 Å². The lowest BCUT2D eigenvalue weighted by Gasteiger charge is -2.33. The normalized spacial score (nSPS) is 20.8. The monoisotopic (exact) mass is 301 g/mol. The van der Waals surface area contributed by atoms with Crippen LogP contribution in [0.5, 0.6) is 0 Å². The minimum atomic E-state index is -3.76. The molecule has 1 aromatic heterocycles. The number of morpholine rings is 1. The summed E-state index contributed by atoms with van der Waals surface area (Å²) in [6.07, 6.45) is 1.45. The van der Waals surface area contributed by atoms with E-state index in [4.69, 9.17) is 4.74 Å². The zero-order valence-electron chi connectivity index (χ0n) is 11.3. The van der Waals surface area contributed by atoms with E-state index < -0.39 is 16.1 Å². The number of aromatic nitrogens is 1. The van der Waals surface area contributed by atoms with Crippen LogP contribution in [-0.2, 0) is 14.8 Å². The molecule has 1 atom stereocenters. The summed E-state index contributed by atoms with van der Waals surface area (Å²) in [5, 5.41) is 12.3. The van der Waals surface area contributed by atoms with Crippen molar-refractivity contribution in [2.24, 2.45) is 0 Å². The van der Waals surface area contributed by atoms with Crippen LogP contribution >= 0.6 is 0 Å². The smallest absolute Gasteiger partial charge is 0.263 e. The summed E-state index contributed by atoms with van der Waals surface area (Å²) in [7, 11) is -3.76. The molecule has 20 heavy (non-hydrogen) atoms. The number of sulfonamides is 1. The number of nitrogens with zero attached hydrogens (tertiary/aromatic N) is 2.